The van der Waals surface area contributed by atoms with Crippen molar-refractivity contribution in [1.82, 2.24) is 9.47 Å². The fourth-order valence-electron chi connectivity index (χ4n) is 1.20. The van der Waals surface area contributed by atoms with Crippen molar-refractivity contribution in [2.24, 2.45) is 0 Å². The molecule has 0 saturated heterocycles. The van der Waals surface area contributed by atoms with E-state index in [1.54, 1.807) is 0 Å². The summed E-state index contributed by atoms with van der Waals surface area (Å²) in [5.41, 5.74) is 0. The van der Waals surface area contributed by atoms with Gasteiger partial charge in [0.15, 0.2) is 0 Å². The average Bonchev–Trinajstić information content (AvgIpc) is 2.02. The van der Waals surface area contributed by atoms with Gasteiger partial charge >= 0.3 is 0 Å². The molecule has 2 nitrogen and oxygen atoms in total. The molecule has 0 heterocycles. The summed E-state index contributed by atoms with van der Waals surface area (Å²) in [6, 6.07) is 1.45. The van der Waals surface area contributed by atoms with Crippen LogP contribution in [0.15, 0.2) is 0 Å². The first-order valence-corrected chi connectivity index (χ1v) is 6.90. The Morgan fingerprint density at radius 2 is 1.58 bits per heavy atom. The maximum absolute atomic E-state index is 2.53. The maximum atomic E-state index is 2.53. The van der Waals surface area contributed by atoms with Gasteiger partial charge in [0.25, 0.3) is 0 Å². The molecule has 0 aliphatic rings. The molecule has 74 valence electrons. The summed E-state index contributed by atoms with van der Waals surface area (Å²) in [6.07, 6.45) is 1.28. The van der Waals surface area contributed by atoms with Gasteiger partial charge in [0.05, 0.1) is 9.68 Å². The summed E-state index contributed by atoms with van der Waals surface area (Å²) in [7, 11) is 6.59. The van der Waals surface area contributed by atoms with Crippen molar-refractivity contribution >= 4 is 9.68 Å². The third-order valence-electron chi connectivity index (χ3n) is 2.82. The zero-order valence-corrected chi connectivity index (χ0v) is 10.9. The Morgan fingerprint density at radius 3 is 1.92 bits per heavy atom. The third kappa shape index (κ3) is 4.23. The average molecular weight is 188 g/mol. The zero-order valence-electron chi connectivity index (χ0n) is 9.46. The largest absolute Gasteiger partial charge is 0.330 e. The van der Waals surface area contributed by atoms with Crippen LogP contribution in [0.2, 0.25) is 6.55 Å². The molecule has 0 aromatic rings. The molecular formula is C9H24N2Si. The first-order chi connectivity index (χ1) is 5.49. The van der Waals surface area contributed by atoms with Crippen molar-refractivity contribution in [3.63, 3.8) is 0 Å². The molecule has 0 saturated carbocycles. The van der Waals surface area contributed by atoms with E-state index >= 15 is 0 Å². The summed E-state index contributed by atoms with van der Waals surface area (Å²) >= 11 is 0. The molecule has 0 rings (SSSR count). The van der Waals surface area contributed by atoms with Crippen LogP contribution in [0, 0.1) is 0 Å². The second-order valence-corrected chi connectivity index (χ2v) is 5.60. The highest BCUT2D eigenvalue weighted by Crippen LogP contribution is 2.06. The SMILES string of the molecule is C[SiH2]N(C)C(C)CC(C)N(C)C. The Kier molecular flexibility index (Phi) is 5.79. The molecule has 0 aromatic heterocycles. The van der Waals surface area contributed by atoms with Gasteiger partial charge in [-0.05, 0) is 34.5 Å². The summed E-state index contributed by atoms with van der Waals surface area (Å²) in [5, 5.41) is 0. The standard InChI is InChI=1S/C9H24N2Si/c1-8(10(3)4)7-9(2)11(5)12-6/h8-9H,7,12H2,1-6H3. The lowest BCUT2D eigenvalue weighted by atomic mass is 10.1. The molecule has 0 fully saturated rings. The van der Waals surface area contributed by atoms with Gasteiger partial charge < -0.3 is 9.47 Å². The van der Waals surface area contributed by atoms with E-state index in [0.29, 0.717) is 6.04 Å². The summed E-state index contributed by atoms with van der Waals surface area (Å²) < 4.78 is 2.53. The first-order valence-electron chi connectivity index (χ1n) is 4.85. The predicted octanol–water partition coefficient (Wildman–Crippen LogP) is 0.779. The fourth-order valence-corrected chi connectivity index (χ4v) is 1.97. The van der Waals surface area contributed by atoms with Crippen LogP contribution >= 0.6 is 0 Å². The van der Waals surface area contributed by atoms with Crippen molar-refractivity contribution in [3.8, 4) is 0 Å². The van der Waals surface area contributed by atoms with Gasteiger partial charge in [0.2, 0.25) is 0 Å². The molecule has 0 aromatic carbocycles. The lowest BCUT2D eigenvalue weighted by Gasteiger charge is -2.28. The quantitative estimate of drug-likeness (QED) is 0.588. The monoisotopic (exact) mass is 188 g/mol. The number of hydrogen-bond donors (Lipinski definition) is 0. The van der Waals surface area contributed by atoms with Crippen LogP contribution in [-0.4, -0.2) is 52.4 Å². The van der Waals surface area contributed by atoms with Gasteiger partial charge in [-0.25, -0.2) is 0 Å². The van der Waals surface area contributed by atoms with Crippen molar-refractivity contribution in [2.45, 2.75) is 38.9 Å². The van der Waals surface area contributed by atoms with Crippen molar-refractivity contribution in [3.05, 3.63) is 0 Å². The van der Waals surface area contributed by atoms with E-state index in [1.165, 1.54) is 6.42 Å². The predicted molar refractivity (Wildman–Crippen MR) is 59.4 cm³/mol. The van der Waals surface area contributed by atoms with Gasteiger partial charge in [-0.15, -0.1) is 0 Å². The molecule has 12 heavy (non-hydrogen) atoms. The van der Waals surface area contributed by atoms with Crippen LogP contribution in [0.3, 0.4) is 0 Å². The Balaban J connectivity index is 3.75. The van der Waals surface area contributed by atoms with Gasteiger partial charge in [0, 0.05) is 12.1 Å². The van der Waals surface area contributed by atoms with E-state index in [4.69, 9.17) is 0 Å². The molecule has 0 amide bonds. The van der Waals surface area contributed by atoms with Crippen molar-refractivity contribution in [1.29, 1.82) is 0 Å². The van der Waals surface area contributed by atoms with Crippen molar-refractivity contribution < 1.29 is 0 Å². The topological polar surface area (TPSA) is 6.48 Å². The minimum atomic E-state index is 0.0382. The van der Waals surface area contributed by atoms with E-state index in [2.05, 4.69) is 51.0 Å². The summed E-state index contributed by atoms with van der Waals surface area (Å²) in [4.78, 5) is 2.29. The highest BCUT2D eigenvalue weighted by molar-refractivity contribution is 6.29. The first kappa shape index (κ1) is 12.1. The zero-order chi connectivity index (χ0) is 9.72. The minimum Gasteiger partial charge on any atom is -0.330 e. The molecule has 0 radical (unpaired) electrons. The summed E-state index contributed by atoms with van der Waals surface area (Å²) in [5.74, 6) is 0. The molecule has 0 N–H and O–H groups in total. The normalized spacial score (nSPS) is 18.0. The van der Waals surface area contributed by atoms with Gasteiger partial charge in [-0.2, -0.15) is 0 Å². The second-order valence-electron chi connectivity index (χ2n) is 3.97. The van der Waals surface area contributed by atoms with Crippen LogP contribution < -0.4 is 0 Å². The lowest BCUT2D eigenvalue weighted by molar-refractivity contribution is 0.250. The molecule has 2 unspecified atom stereocenters. The number of rotatable bonds is 5. The molecular weight excluding hydrogens is 164 g/mol. The van der Waals surface area contributed by atoms with Gasteiger partial charge in [-0.3, -0.25) is 0 Å². The van der Waals surface area contributed by atoms with E-state index in [0.717, 1.165) is 6.04 Å². The molecule has 0 aliphatic carbocycles. The minimum absolute atomic E-state index is 0.0382. The highest BCUT2D eigenvalue weighted by Gasteiger charge is 2.12. The van der Waals surface area contributed by atoms with Crippen LogP contribution in [0.1, 0.15) is 20.3 Å². The Labute approximate surface area is 79.8 Å². The Hall–Kier alpha value is 0.137. The smallest absolute Gasteiger partial charge is 0.0919 e. The molecule has 0 aliphatic heterocycles. The van der Waals surface area contributed by atoms with E-state index in [9.17, 15) is 0 Å². The van der Waals surface area contributed by atoms with Crippen molar-refractivity contribution in [2.75, 3.05) is 21.1 Å². The molecule has 0 spiro atoms. The highest BCUT2D eigenvalue weighted by atomic mass is 28.2. The maximum Gasteiger partial charge on any atom is 0.0919 e. The van der Waals surface area contributed by atoms with E-state index in [1.807, 2.05) is 0 Å². The lowest BCUT2D eigenvalue weighted by Crippen LogP contribution is -2.37. The molecule has 3 heteroatoms. The van der Waals surface area contributed by atoms with Crippen LogP contribution in [-0.2, 0) is 0 Å². The Bertz CT molecular complexity index is 117. The summed E-state index contributed by atoms with van der Waals surface area (Å²) in [6.45, 7) is 6.97. The van der Waals surface area contributed by atoms with E-state index < -0.39 is 0 Å². The fraction of sp³-hybridized carbons (Fsp3) is 1.00. The van der Waals surface area contributed by atoms with Crippen LogP contribution in [0.25, 0.3) is 0 Å². The second kappa shape index (κ2) is 5.73. The Morgan fingerprint density at radius 1 is 1.08 bits per heavy atom. The number of nitrogens with zero attached hydrogens (tertiary/aromatic N) is 2. The third-order valence-corrected chi connectivity index (χ3v) is 4.44. The van der Waals surface area contributed by atoms with E-state index in [-0.39, 0.29) is 9.68 Å². The van der Waals surface area contributed by atoms with Gasteiger partial charge in [-0.1, -0.05) is 13.5 Å². The van der Waals surface area contributed by atoms with Gasteiger partial charge in [0.1, 0.15) is 0 Å². The molecule has 0 bridgehead atoms. The van der Waals surface area contributed by atoms with Crippen LogP contribution in [0.4, 0.5) is 0 Å². The van der Waals surface area contributed by atoms with Crippen LogP contribution in [0.5, 0.6) is 0 Å². The molecule has 2 atom stereocenters. The number of hydrogen-bond acceptors (Lipinski definition) is 2.